The van der Waals surface area contributed by atoms with E-state index in [0.29, 0.717) is 23.7 Å². The normalized spacial score (nSPS) is 18.2. The molecule has 0 bridgehead atoms. The van der Waals surface area contributed by atoms with Gasteiger partial charge in [-0.1, -0.05) is 0 Å². The minimum Gasteiger partial charge on any atom is -0.454 e. The number of esters is 1. The van der Waals surface area contributed by atoms with Crippen LogP contribution in [0.2, 0.25) is 0 Å². The predicted molar refractivity (Wildman–Crippen MR) is 97.2 cm³/mol. The number of carbonyl (C=O) groups excluding carboxylic acids is 2. The van der Waals surface area contributed by atoms with Gasteiger partial charge in [0.05, 0.1) is 17.1 Å². The standard InChI is InChI=1S/C19H19F2NO5S/c1-11-5-17(12(2)22(11)16-3-4-28(25,26)10-16)18(23)9-27-19(24)13-6-14(20)8-15(21)7-13/h5-8,16H,3-4,9-10H2,1-2H3/t16-/m1/s1. The number of Topliss-reactive ketones (excluding diaryl/α,β-unsaturated/α-hetero) is 1. The second-order valence-corrected chi connectivity index (χ2v) is 9.10. The first-order valence-corrected chi connectivity index (χ1v) is 10.4. The summed E-state index contributed by atoms with van der Waals surface area (Å²) in [5, 5.41) is 0. The molecule has 1 aliphatic heterocycles. The minimum atomic E-state index is -3.08. The lowest BCUT2D eigenvalue weighted by molar-refractivity contribution is 0.0473. The smallest absolute Gasteiger partial charge is 0.338 e. The Labute approximate surface area is 161 Å². The highest BCUT2D eigenvalue weighted by Crippen LogP contribution is 2.29. The van der Waals surface area contributed by atoms with Gasteiger partial charge in [-0.15, -0.1) is 0 Å². The fourth-order valence-corrected chi connectivity index (χ4v) is 5.26. The van der Waals surface area contributed by atoms with Crippen LogP contribution in [0, 0.1) is 25.5 Å². The van der Waals surface area contributed by atoms with Crippen LogP contribution in [0.1, 0.15) is 44.6 Å². The highest BCUT2D eigenvalue weighted by Gasteiger charge is 2.31. The molecule has 1 saturated heterocycles. The van der Waals surface area contributed by atoms with Gasteiger partial charge in [-0.3, -0.25) is 4.79 Å². The zero-order valence-corrected chi connectivity index (χ0v) is 16.2. The fraction of sp³-hybridized carbons (Fsp3) is 0.368. The topological polar surface area (TPSA) is 82.4 Å². The van der Waals surface area contributed by atoms with E-state index in [9.17, 15) is 26.8 Å². The van der Waals surface area contributed by atoms with Crippen molar-refractivity contribution in [2.45, 2.75) is 26.3 Å². The average Bonchev–Trinajstić information content (AvgIpc) is 3.09. The summed E-state index contributed by atoms with van der Waals surface area (Å²) in [5.74, 6) is -3.20. The first kappa shape index (κ1) is 20.2. The van der Waals surface area contributed by atoms with Gasteiger partial charge in [0, 0.05) is 29.1 Å². The van der Waals surface area contributed by atoms with Gasteiger partial charge in [-0.25, -0.2) is 22.0 Å². The molecule has 0 spiro atoms. The Balaban J connectivity index is 1.73. The number of sulfone groups is 1. The first-order chi connectivity index (χ1) is 13.1. The summed E-state index contributed by atoms with van der Waals surface area (Å²) in [5.41, 5.74) is 1.32. The molecule has 0 N–H and O–H groups in total. The largest absolute Gasteiger partial charge is 0.454 e. The van der Waals surface area contributed by atoms with Crippen LogP contribution in [-0.4, -0.2) is 42.9 Å². The maximum absolute atomic E-state index is 13.2. The molecule has 0 saturated carbocycles. The van der Waals surface area contributed by atoms with Crippen LogP contribution in [0.5, 0.6) is 0 Å². The Morgan fingerprint density at radius 3 is 2.36 bits per heavy atom. The summed E-state index contributed by atoms with van der Waals surface area (Å²) in [4.78, 5) is 24.4. The summed E-state index contributed by atoms with van der Waals surface area (Å²) >= 11 is 0. The molecular formula is C19H19F2NO5S. The van der Waals surface area contributed by atoms with Crippen LogP contribution >= 0.6 is 0 Å². The molecule has 1 aromatic heterocycles. The molecule has 0 amide bonds. The summed E-state index contributed by atoms with van der Waals surface area (Å²) in [6.07, 6.45) is 0.479. The molecule has 1 aliphatic rings. The number of rotatable bonds is 5. The number of carbonyl (C=O) groups is 2. The van der Waals surface area contributed by atoms with Gasteiger partial charge in [0.2, 0.25) is 5.78 Å². The van der Waals surface area contributed by atoms with E-state index in [4.69, 9.17) is 4.74 Å². The van der Waals surface area contributed by atoms with Crippen LogP contribution in [0.3, 0.4) is 0 Å². The van der Waals surface area contributed by atoms with Gasteiger partial charge in [0.25, 0.3) is 0 Å². The fourth-order valence-electron chi connectivity index (χ4n) is 3.56. The van der Waals surface area contributed by atoms with E-state index in [1.807, 2.05) is 4.57 Å². The van der Waals surface area contributed by atoms with Crippen LogP contribution < -0.4 is 0 Å². The molecule has 9 heteroatoms. The molecule has 2 aromatic rings. The molecule has 0 unspecified atom stereocenters. The molecule has 6 nitrogen and oxygen atoms in total. The lowest BCUT2D eigenvalue weighted by Gasteiger charge is -2.16. The quantitative estimate of drug-likeness (QED) is 0.558. The van der Waals surface area contributed by atoms with E-state index in [1.165, 1.54) is 0 Å². The van der Waals surface area contributed by atoms with E-state index >= 15 is 0 Å². The highest BCUT2D eigenvalue weighted by atomic mass is 32.2. The molecule has 0 radical (unpaired) electrons. The zero-order valence-electron chi connectivity index (χ0n) is 15.4. The third-order valence-electron chi connectivity index (χ3n) is 4.79. The number of aromatic nitrogens is 1. The number of nitrogens with zero attached hydrogens (tertiary/aromatic N) is 1. The molecule has 1 aromatic carbocycles. The van der Waals surface area contributed by atoms with E-state index in [-0.39, 0.29) is 23.1 Å². The van der Waals surface area contributed by atoms with E-state index in [0.717, 1.165) is 17.8 Å². The van der Waals surface area contributed by atoms with Crippen molar-refractivity contribution in [2.24, 2.45) is 0 Å². The lowest BCUT2D eigenvalue weighted by Crippen LogP contribution is -2.17. The SMILES string of the molecule is Cc1cc(C(=O)COC(=O)c2cc(F)cc(F)c2)c(C)n1[C@@H]1CCS(=O)(=O)C1. The number of ketones is 1. The third kappa shape index (κ3) is 4.14. The van der Waals surface area contributed by atoms with Gasteiger partial charge in [0.1, 0.15) is 11.6 Å². The van der Waals surface area contributed by atoms with E-state index < -0.39 is 39.8 Å². The second-order valence-electron chi connectivity index (χ2n) is 6.87. The maximum Gasteiger partial charge on any atom is 0.338 e. The predicted octanol–water partition coefficient (Wildman–Crippen LogP) is 2.78. The number of benzene rings is 1. The first-order valence-electron chi connectivity index (χ1n) is 8.62. The van der Waals surface area contributed by atoms with Crippen molar-refractivity contribution in [3.05, 3.63) is 58.4 Å². The number of hydrogen-bond acceptors (Lipinski definition) is 5. The average molecular weight is 411 g/mol. The Bertz CT molecular complexity index is 1040. The molecule has 1 atom stereocenters. The van der Waals surface area contributed by atoms with Crippen molar-refractivity contribution in [3.63, 3.8) is 0 Å². The van der Waals surface area contributed by atoms with Crippen molar-refractivity contribution in [2.75, 3.05) is 18.1 Å². The van der Waals surface area contributed by atoms with Gasteiger partial charge in [-0.2, -0.15) is 0 Å². The maximum atomic E-state index is 13.2. The molecule has 28 heavy (non-hydrogen) atoms. The van der Waals surface area contributed by atoms with Gasteiger partial charge in [-0.05, 0) is 38.5 Å². The summed E-state index contributed by atoms with van der Waals surface area (Å²) < 4.78 is 56.6. The molecule has 2 heterocycles. The molecule has 0 aliphatic carbocycles. The van der Waals surface area contributed by atoms with Crippen LogP contribution in [0.4, 0.5) is 8.78 Å². The van der Waals surface area contributed by atoms with Crippen LogP contribution in [0.15, 0.2) is 24.3 Å². The van der Waals surface area contributed by atoms with Crippen LogP contribution in [-0.2, 0) is 14.6 Å². The highest BCUT2D eigenvalue weighted by molar-refractivity contribution is 7.91. The van der Waals surface area contributed by atoms with Gasteiger partial charge >= 0.3 is 5.97 Å². The van der Waals surface area contributed by atoms with E-state index in [2.05, 4.69) is 0 Å². The van der Waals surface area contributed by atoms with Crippen LogP contribution in [0.25, 0.3) is 0 Å². The number of hydrogen-bond donors (Lipinski definition) is 0. The van der Waals surface area contributed by atoms with Gasteiger partial charge in [0.15, 0.2) is 16.4 Å². The summed E-state index contributed by atoms with van der Waals surface area (Å²) in [6, 6.07) is 3.66. The van der Waals surface area contributed by atoms with Gasteiger partial charge < -0.3 is 9.30 Å². The van der Waals surface area contributed by atoms with Crippen molar-refractivity contribution in [3.8, 4) is 0 Å². The van der Waals surface area contributed by atoms with Crippen molar-refractivity contribution in [1.82, 2.24) is 4.57 Å². The second kappa shape index (κ2) is 7.46. The van der Waals surface area contributed by atoms with Crippen molar-refractivity contribution in [1.29, 1.82) is 0 Å². The molecular weight excluding hydrogens is 392 g/mol. The Hall–Kier alpha value is -2.55. The number of halogens is 2. The third-order valence-corrected chi connectivity index (χ3v) is 6.54. The number of aryl methyl sites for hydroxylation is 1. The van der Waals surface area contributed by atoms with Crippen molar-refractivity contribution < 1.29 is 31.5 Å². The summed E-state index contributed by atoms with van der Waals surface area (Å²) in [6.45, 7) is 2.88. The molecule has 1 fully saturated rings. The monoisotopic (exact) mass is 411 g/mol. The Morgan fingerprint density at radius 2 is 1.79 bits per heavy atom. The minimum absolute atomic E-state index is 0.0249. The molecule has 3 rings (SSSR count). The zero-order chi connectivity index (χ0) is 20.6. The summed E-state index contributed by atoms with van der Waals surface area (Å²) in [7, 11) is -3.08. The number of ether oxygens (including phenoxy) is 1. The van der Waals surface area contributed by atoms with E-state index in [1.54, 1.807) is 19.9 Å². The Kier molecular flexibility index (Phi) is 5.38. The van der Waals surface area contributed by atoms with Crippen molar-refractivity contribution >= 4 is 21.6 Å². The Morgan fingerprint density at radius 1 is 1.14 bits per heavy atom. The lowest BCUT2D eigenvalue weighted by atomic mass is 10.1. The molecule has 150 valence electrons.